The zero-order valence-corrected chi connectivity index (χ0v) is 13.9. The van der Waals surface area contributed by atoms with E-state index in [0.717, 1.165) is 21.9 Å². The first-order chi connectivity index (χ1) is 11.1. The average Bonchev–Trinajstić information content (AvgIpc) is 3.13. The number of allylic oxidation sites excluding steroid dienone is 1. The standard InChI is InChI=1S/C17H18N4OS/c1-4-9-21-12(3)19-20-17(21)23-11(2)16(22)14-10-18-15-8-6-5-7-13(14)15/h4-8,10-11,18H,1,9H2,2-3H3/t11-/m0/s1. The summed E-state index contributed by atoms with van der Waals surface area (Å²) in [7, 11) is 0. The smallest absolute Gasteiger partial charge is 0.192 e. The number of rotatable bonds is 6. The van der Waals surface area contributed by atoms with Gasteiger partial charge in [-0.05, 0) is 19.9 Å². The number of carbonyl (C=O) groups excluding carboxylic acids is 1. The molecular weight excluding hydrogens is 308 g/mol. The second kappa shape index (κ2) is 6.42. The lowest BCUT2D eigenvalue weighted by Crippen LogP contribution is -2.14. The molecule has 23 heavy (non-hydrogen) atoms. The Morgan fingerprint density at radius 2 is 2.22 bits per heavy atom. The van der Waals surface area contributed by atoms with Crippen molar-refractivity contribution in [2.45, 2.75) is 30.8 Å². The second-order valence-electron chi connectivity index (χ2n) is 5.30. The van der Waals surface area contributed by atoms with E-state index in [1.807, 2.05) is 42.7 Å². The molecule has 6 heteroatoms. The Kier molecular flexibility index (Phi) is 4.34. The summed E-state index contributed by atoms with van der Waals surface area (Å²) < 4.78 is 1.96. The molecule has 0 saturated heterocycles. The van der Waals surface area contributed by atoms with Crippen LogP contribution in [0.5, 0.6) is 0 Å². The van der Waals surface area contributed by atoms with Gasteiger partial charge in [0.1, 0.15) is 5.82 Å². The number of fused-ring (bicyclic) bond motifs is 1. The molecule has 2 heterocycles. The normalized spacial score (nSPS) is 12.4. The Balaban J connectivity index is 1.84. The Bertz CT molecular complexity index is 864. The zero-order chi connectivity index (χ0) is 16.4. The number of aromatic amines is 1. The quantitative estimate of drug-likeness (QED) is 0.427. The van der Waals surface area contributed by atoms with Crippen LogP contribution in [0.4, 0.5) is 0 Å². The minimum absolute atomic E-state index is 0.0817. The summed E-state index contributed by atoms with van der Waals surface area (Å²) in [4.78, 5) is 15.9. The number of nitrogens with zero attached hydrogens (tertiary/aromatic N) is 3. The van der Waals surface area contributed by atoms with Gasteiger partial charge in [-0.2, -0.15) is 0 Å². The number of carbonyl (C=O) groups is 1. The molecule has 0 aliphatic heterocycles. The second-order valence-corrected chi connectivity index (χ2v) is 6.61. The van der Waals surface area contributed by atoms with Gasteiger partial charge in [0.2, 0.25) is 0 Å². The fraction of sp³-hybridized carbons (Fsp3) is 0.235. The van der Waals surface area contributed by atoms with Crippen molar-refractivity contribution in [3.63, 3.8) is 0 Å². The maximum Gasteiger partial charge on any atom is 0.192 e. The number of Topliss-reactive ketones (excluding diaryl/α,β-unsaturated/α-hetero) is 1. The molecular formula is C17H18N4OS. The van der Waals surface area contributed by atoms with Gasteiger partial charge in [-0.15, -0.1) is 16.8 Å². The highest BCUT2D eigenvalue weighted by Crippen LogP contribution is 2.27. The Morgan fingerprint density at radius 3 is 3.00 bits per heavy atom. The molecule has 0 spiro atoms. The summed E-state index contributed by atoms with van der Waals surface area (Å²) in [6.45, 7) is 8.18. The zero-order valence-electron chi connectivity index (χ0n) is 13.1. The maximum absolute atomic E-state index is 12.8. The summed E-state index contributed by atoms with van der Waals surface area (Å²) in [5.41, 5.74) is 1.69. The number of nitrogens with one attached hydrogen (secondary N) is 1. The minimum Gasteiger partial charge on any atom is -0.360 e. The molecule has 1 N–H and O–H groups in total. The van der Waals surface area contributed by atoms with Crippen LogP contribution in [0, 0.1) is 6.92 Å². The fourth-order valence-corrected chi connectivity index (χ4v) is 3.47. The molecule has 3 rings (SSSR count). The molecule has 5 nitrogen and oxygen atoms in total. The first-order valence-corrected chi connectivity index (χ1v) is 8.27. The SMILES string of the molecule is C=CCn1c(C)nnc1S[C@@H](C)C(=O)c1c[nH]c2ccccc12. The lowest BCUT2D eigenvalue weighted by Gasteiger charge is -2.10. The monoisotopic (exact) mass is 326 g/mol. The van der Waals surface area contributed by atoms with Crippen molar-refractivity contribution in [2.24, 2.45) is 0 Å². The van der Waals surface area contributed by atoms with Crippen LogP contribution in [0.25, 0.3) is 10.9 Å². The van der Waals surface area contributed by atoms with Crippen LogP contribution in [-0.4, -0.2) is 30.8 Å². The first kappa shape index (κ1) is 15.6. The number of hydrogen-bond acceptors (Lipinski definition) is 4. The summed E-state index contributed by atoms with van der Waals surface area (Å²) in [5.74, 6) is 0.900. The third-order valence-electron chi connectivity index (χ3n) is 3.72. The van der Waals surface area contributed by atoms with E-state index in [1.54, 1.807) is 12.3 Å². The van der Waals surface area contributed by atoms with E-state index in [0.29, 0.717) is 12.1 Å². The molecule has 0 bridgehead atoms. The van der Waals surface area contributed by atoms with Gasteiger partial charge in [0, 0.05) is 29.2 Å². The molecule has 2 aromatic heterocycles. The summed E-state index contributed by atoms with van der Waals surface area (Å²) in [6.07, 6.45) is 3.58. The molecule has 0 saturated carbocycles. The molecule has 1 atom stereocenters. The minimum atomic E-state index is -0.249. The highest BCUT2D eigenvalue weighted by atomic mass is 32.2. The van der Waals surface area contributed by atoms with E-state index in [9.17, 15) is 4.79 Å². The van der Waals surface area contributed by atoms with Crippen molar-refractivity contribution in [1.82, 2.24) is 19.7 Å². The van der Waals surface area contributed by atoms with Gasteiger partial charge >= 0.3 is 0 Å². The number of aryl methyl sites for hydroxylation is 1. The number of thioether (sulfide) groups is 1. The molecule has 0 radical (unpaired) electrons. The molecule has 0 amide bonds. The van der Waals surface area contributed by atoms with Gasteiger partial charge in [0.15, 0.2) is 10.9 Å². The number of H-pyrrole nitrogens is 1. The van der Waals surface area contributed by atoms with E-state index in [1.165, 1.54) is 11.8 Å². The van der Waals surface area contributed by atoms with Gasteiger partial charge in [0.05, 0.1) is 5.25 Å². The van der Waals surface area contributed by atoms with Gasteiger partial charge < -0.3 is 9.55 Å². The van der Waals surface area contributed by atoms with Gasteiger partial charge in [0.25, 0.3) is 0 Å². The lowest BCUT2D eigenvalue weighted by molar-refractivity contribution is 0.0995. The molecule has 118 valence electrons. The van der Waals surface area contributed by atoms with Crippen molar-refractivity contribution in [3.8, 4) is 0 Å². The third kappa shape index (κ3) is 2.94. The predicted octanol–water partition coefficient (Wildman–Crippen LogP) is 3.62. The Morgan fingerprint density at radius 1 is 1.43 bits per heavy atom. The molecule has 0 unspecified atom stereocenters. The highest BCUT2D eigenvalue weighted by molar-refractivity contribution is 8.00. The van der Waals surface area contributed by atoms with Crippen molar-refractivity contribution in [3.05, 3.63) is 54.5 Å². The molecule has 1 aromatic carbocycles. The van der Waals surface area contributed by atoms with Crippen LogP contribution in [0.15, 0.2) is 48.3 Å². The first-order valence-electron chi connectivity index (χ1n) is 7.39. The number of benzene rings is 1. The van der Waals surface area contributed by atoms with E-state index < -0.39 is 0 Å². The molecule has 3 aromatic rings. The van der Waals surface area contributed by atoms with Crippen molar-refractivity contribution in [1.29, 1.82) is 0 Å². The third-order valence-corrected chi connectivity index (χ3v) is 4.80. The van der Waals surface area contributed by atoms with Crippen LogP contribution in [-0.2, 0) is 6.54 Å². The van der Waals surface area contributed by atoms with Crippen molar-refractivity contribution in [2.75, 3.05) is 0 Å². The van der Waals surface area contributed by atoms with Crippen LogP contribution in [0.1, 0.15) is 23.1 Å². The fourth-order valence-electron chi connectivity index (χ4n) is 2.49. The summed E-state index contributed by atoms with van der Waals surface area (Å²) >= 11 is 1.42. The number of aromatic nitrogens is 4. The predicted molar refractivity (Wildman–Crippen MR) is 92.9 cm³/mol. The summed E-state index contributed by atoms with van der Waals surface area (Å²) in [5, 5.41) is 9.70. The van der Waals surface area contributed by atoms with Gasteiger partial charge in [-0.3, -0.25) is 4.79 Å². The van der Waals surface area contributed by atoms with E-state index in [-0.39, 0.29) is 11.0 Å². The molecule has 0 aliphatic carbocycles. The van der Waals surface area contributed by atoms with Gasteiger partial charge in [-0.25, -0.2) is 0 Å². The summed E-state index contributed by atoms with van der Waals surface area (Å²) in [6, 6.07) is 7.81. The van der Waals surface area contributed by atoms with E-state index in [2.05, 4.69) is 21.8 Å². The van der Waals surface area contributed by atoms with Crippen LogP contribution in [0.3, 0.4) is 0 Å². The Labute approximate surface area is 138 Å². The number of para-hydroxylation sites is 1. The van der Waals surface area contributed by atoms with Crippen molar-refractivity contribution < 1.29 is 4.79 Å². The van der Waals surface area contributed by atoms with Crippen molar-refractivity contribution >= 4 is 28.4 Å². The average molecular weight is 326 g/mol. The molecule has 0 aliphatic rings. The molecule has 0 fully saturated rings. The maximum atomic E-state index is 12.8. The van der Waals surface area contributed by atoms with E-state index in [4.69, 9.17) is 0 Å². The van der Waals surface area contributed by atoms with Crippen LogP contribution in [0.2, 0.25) is 0 Å². The lowest BCUT2D eigenvalue weighted by atomic mass is 10.1. The van der Waals surface area contributed by atoms with Crippen LogP contribution < -0.4 is 0 Å². The van der Waals surface area contributed by atoms with Gasteiger partial charge in [-0.1, -0.05) is 36.0 Å². The largest absolute Gasteiger partial charge is 0.360 e. The van der Waals surface area contributed by atoms with E-state index >= 15 is 0 Å². The Hall–Kier alpha value is -2.34. The van der Waals surface area contributed by atoms with Crippen LogP contribution >= 0.6 is 11.8 Å². The number of hydrogen-bond donors (Lipinski definition) is 1. The highest BCUT2D eigenvalue weighted by Gasteiger charge is 2.22. The topological polar surface area (TPSA) is 63.6 Å². The number of ketones is 1.